The number of nitrogens with two attached hydrogens (primary N) is 1. The third-order valence-corrected chi connectivity index (χ3v) is 1.60. The monoisotopic (exact) mass is 149 g/mol. The smallest absolute Gasteiger partial charge is 0.140 e. The molecule has 0 aliphatic rings. The molecule has 0 fully saturated rings. The lowest BCUT2D eigenvalue weighted by Crippen LogP contribution is -1.95. The van der Waals surface area contributed by atoms with Gasteiger partial charge >= 0.3 is 0 Å². The second-order valence-electron chi connectivity index (χ2n) is 2.32. The lowest BCUT2D eigenvalue weighted by Gasteiger charge is -1.94. The highest BCUT2D eigenvalue weighted by Gasteiger charge is 2.02. The molecular weight excluding hydrogens is 142 g/mol. The van der Waals surface area contributed by atoms with Crippen LogP contribution in [0, 0.1) is 0 Å². The molecule has 0 saturated heterocycles. The zero-order valence-electron chi connectivity index (χ0n) is 5.73. The van der Waals surface area contributed by atoms with Crippen LogP contribution in [0.2, 0.25) is 0 Å². The first kappa shape index (κ1) is 6.03. The molecule has 0 aliphatic heterocycles. The van der Waals surface area contributed by atoms with E-state index in [0.29, 0.717) is 11.3 Å². The van der Waals surface area contributed by atoms with Crippen LogP contribution in [-0.4, -0.2) is 14.9 Å². The number of pyridine rings is 1. The first-order valence-corrected chi connectivity index (χ1v) is 3.19. The van der Waals surface area contributed by atoms with Gasteiger partial charge in [-0.05, 0) is 12.1 Å². The molecule has 0 spiro atoms. The van der Waals surface area contributed by atoms with Gasteiger partial charge in [0.1, 0.15) is 5.82 Å². The number of aromatic nitrogens is 2. The Morgan fingerprint density at radius 3 is 3.09 bits per heavy atom. The van der Waals surface area contributed by atoms with Crippen molar-refractivity contribution in [1.82, 2.24) is 9.71 Å². The summed E-state index contributed by atoms with van der Waals surface area (Å²) in [6, 6.07) is 3.37. The highest BCUT2D eigenvalue weighted by atomic mass is 16.5. The van der Waals surface area contributed by atoms with Gasteiger partial charge in [0.15, 0.2) is 0 Å². The molecule has 0 atom stereocenters. The van der Waals surface area contributed by atoms with Crippen LogP contribution in [0.5, 0.6) is 0 Å². The van der Waals surface area contributed by atoms with E-state index in [0.717, 1.165) is 10.1 Å². The average molecular weight is 149 g/mol. The molecule has 56 valence electrons. The van der Waals surface area contributed by atoms with Crippen molar-refractivity contribution in [3.8, 4) is 0 Å². The minimum absolute atomic E-state index is 0.327. The van der Waals surface area contributed by atoms with Crippen molar-refractivity contribution in [3.05, 3.63) is 24.5 Å². The van der Waals surface area contributed by atoms with Crippen LogP contribution in [0.25, 0.3) is 10.9 Å². The number of hydrogen-bond donors (Lipinski definition) is 2. The number of nitrogens with zero attached hydrogens (tertiary/aromatic N) is 2. The number of anilines is 1. The molecular formula is C7H7N3O. The molecule has 0 amide bonds. The third-order valence-electron chi connectivity index (χ3n) is 1.60. The minimum atomic E-state index is 0.327. The molecule has 2 aromatic rings. The fourth-order valence-corrected chi connectivity index (χ4v) is 1.06. The van der Waals surface area contributed by atoms with E-state index in [2.05, 4.69) is 4.98 Å². The lowest BCUT2D eigenvalue weighted by atomic mass is 10.3. The zero-order chi connectivity index (χ0) is 7.84. The van der Waals surface area contributed by atoms with Gasteiger partial charge in [-0.25, -0.2) is 0 Å². The summed E-state index contributed by atoms with van der Waals surface area (Å²) in [6.45, 7) is 0. The molecule has 2 aromatic heterocycles. The van der Waals surface area contributed by atoms with E-state index in [1.54, 1.807) is 24.5 Å². The lowest BCUT2D eigenvalue weighted by molar-refractivity contribution is 0.206. The second-order valence-corrected chi connectivity index (χ2v) is 2.32. The molecule has 2 rings (SSSR count). The summed E-state index contributed by atoms with van der Waals surface area (Å²) in [4.78, 5) is 3.89. The molecule has 0 radical (unpaired) electrons. The van der Waals surface area contributed by atoms with Crippen molar-refractivity contribution in [2.45, 2.75) is 0 Å². The van der Waals surface area contributed by atoms with Gasteiger partial charge < -0.3 is 10.9 Å². The molecule has 0 saturated carbocycles. The molecule has 4 heteroatoms. The van der Waals surface area contributed by atoms with Gasteiger partial charge in [0.05, 0.1) is 5.52 Å². The van der Waals surface area contributed by atoms with E-state index in [4.69, 9.17) is 5.73 Å². The fraction of sp³-hybridized carbons (Fsp3) is 0. The number of hydrogen-bond acceptors (Lipinski definition) is 3. The fourth-order valence-electron chi connectivity index (χ4n) is 1.06. The van der Waals surface area contributed by atoms with Gasteiger partial charge in [0, 0.05) is 17.8 Å². The van der Waals surface area contributed by atoms with E-state index in [-0.39, 0.29) is 0 Å². The van der Waals surface area contributed by atoms with Crippen LogP contribution in [0.3, 0.4) is 0 Å². The number of fused-ring (bicyclic) bond motifs is 1. The Hall–Kier alpha value is -1.71. The van der Waals surface area contributed by atoms with Crippen molar-refractivity contribution in [1.29, 1.82) is 0 Å². The predicted octanol–water partition coefficient (Wildman–Crippen LogP) is 0.856. The molecule has 0 aliphatic carbocycles. The molecule has 0 bridgehead atoms. The Morgan fingerprint density at radius 1 is 1.55 bits per heavy atom. The molecule has 2 heterocycles. The van der Waals surface area contributed by atoms with Crippen molar-refractivity contribution in [2.75, 3.05) is 5.73 Å². The number of rotatable bonds is 0. The van der Waals surface area contributed by atoms with Crippen LogP contribution >= 0.6 is 0 Å². The molecule has 0 aromatic carbocycles. The van der Waals surface area contributed by atoms with E-state index in [1.807, 2.05) is 0 Å². The standard InChI is InChI=1S/C7H7N3O/c8-7-3-5-4-9-2-1-6(5)10(7)11/h1-4,11H,8H2. The van der Waals surface area contributed by atoms with Crippen molar-refractivity contribution in [3.63, 3.8) is 0 Å². The Kier molecular flexibility index (Phi) is 1.03. The minimum Gasteiger partial charge on any atom is -0.426 e. The third kappa shape index (κ3) is 0.724. The van der Waals surface area contributed by atoms with Gasteiger partial charge in [-0.3, -0.25) is 4.98 Å². The summed E-state index contributed by atoms with van der Waals surface area (Å²) < 4.78 is 0.941. The van der Waals surface area contributed by atoms with E-state index in [9.17, 15) is 5.21 Å². The highest BCUT2D eigenvalue weighted by Crippen LogP contribution is 2.17. The summed E-state index contributed by atoms with van der Waals surface area (Å²) in [5, 5.41) is 10.1. The van der Waals surface area contributed by atoms with Gasteiger partial charge in [-0.2, -0.15) is 4.73 Å². The topological polar surface area (TPSA) is 64.1 Å². The van der Waals surface area contributed by atoms with Crippen LogP contribution < -0.4 is 5.73 Å². The van der Waals surface area contributed by atoms with E-state index >= 15 is 0 Å². The van der Waals surface area contributed by atoms with Crippen molar-refractivity contribution in [2.24, 2.45) is 0 Å². The maximum Gasteiger partial charge on any atom is 0.140 e. The molecule has 3 N–H and O–H groups in total. The largest absolute Gasteiger partial charge is 0.426 e. The Balaban J connectivity index is 2.92. The Morgan fingerprint density at radius 2 is 2.36 bits per heavy atom. The summed E-state index contributed by atoms with van der Waals surface area (Å²) >= 11 is 0. The summed E-state index contributed by atoms with van der Waals surface area (Å²) in [5.41, 5.74) is 6.12. The first-order valence-electron chi connectivity index (χ1n) is 3.19. The normalized spacial score (nSPS) is 10.5. The van der Waals surface area contributed by atoms with Crippen LogP contribution in [0.4, 0.5) is 5.82 Å². The Labute approximate surface area is 62.8 Å². The summed E-state index contributed by atoms with van der Waals surface area (Å²) in [6.07, 6.45) is 3.26. The van der Waals surface area contributed by atoms with Gasteiger partial charge in [0.25, 0.3) is 0 Å². The molecule has 0 unspecified atom stereocenters. The summed E-state index contributed by atoms with van der Waals surface area (Å²) in [5.74, 6) is 0.327. The van der Waals surface area contributed by atoms with Crippen LogP contribution in [0.15, 0.2) is 24.5 Å². The van der Waals surface area contributed by atoms with Gasteiger partial charge in [0.2, 0.25) is 0 Å². The molecule has 4 nitrogen and oxygen atoms in total. The summed E-state index contributed by atoms with van der Waals surface area (Å²) in [7, 11) is 0. The van der Waals surface area contributed by atoms with Crippen molar-refractivity contribution < 1.29 is 5.21 Å². The van der Waals surface area contributed by atoms with E-state index in [1.165, 1.54) is 0 Å². The van der Waals surface area contributed by atoms with Gasteiger partial charge in [-0.1, -0.05) is 0 Å². The predicted molar refractivity (Wildman–Crippen MR) is 41.3 cm³/mol. The average Bonchev–Trinajstić information content (AvgIpc) is 2.30. The SMILES string of the molecule is Nc1cc2cnccc2n1O. The van der Waals surface area contributed by atoms with Crippen LogP contribution in [-0.2, 0) is 0 Å². The quantitative estimate of drug-likeness (QED) is 0.546. The maximum atomic E-state index is 9.26. The molecule has 11 heavy (non-hydrogen) atoms. The highest BCUT2D eigenvalue weighted by molar-refractivity contribution is 5.82. The zero-order valence-corrected chi connectivity index (χ0v) is 5.73. The number of nitrogen functional groups attached to an aromatic ring is 1. The van der Waals surface area contributed by atoms with Gasteiger partial charge in [-0.15, -0.1) is 0 Å². The first-order chi connectivity index (χ1) is 5.29. The van der Waals surface area contributed by atoms with Crippen LogP contribution in [0.1, 0.15) is 0 Å². The maximum absolute atomic E-state index is 9.26. The van der Waals surface area contributed by atoms with E-state index < -0.39 is 0 Å². The van der Waals surface area contributed by atoms with Crippen molar-refractivity contribution >= 4 is 16.7 Å². The second kappa shape index (κ2) is 1.88. The Bertz CT molecular complexity index is 393.